The molecule has 0 heterocycles. The topological polar surface area (TPSA) is 0 Å². The fourth-order valence-electron chi connectivity index (χ4n) is 1.33. The van der Waals surface area contributed by atoms with Gasteiger partial charge >= 0.3 is 6.18 Å². The molecule has 0 aliphatic heterocycles. The summed E-state index contributed by atoms with van der Waals surface area (Å²) in [6.45, 7) is 0. The van der Waals surface area contributed by atoms with Crippen LogP contribution in [0.1, 0.15) is 30.4 Å². The lowest BCUT2D eigenvalue weighted by Crippen LogP contribution is -2.03. The van der Waals surface area contributed by atoms with Crippen LogP contribution in [-0.4, -0.2) is 0 Å². The van der Waals surface area contributed by atoms with Crippen molar-refractivity contribution in [1.82, 2.24) is 0 Å². The number of unbranched alkanes of at least 4 members (excludes halogenated alkanes) is 2. The number of hydrogen-bond donors (Lipinski definition) is 0. The third kappa shape index (κ3) is 5.84. The number of hydrogen-bond acceptors (Lipinski definition) is 0. The van der Waals surface area contributed by atoms with E-state index in [-0.39, 0.29) is 0 Å². The van der Waals surface area contributed by atoms with Crippen molar-refractivity contribution in [3.05, 3.63) is 41.5 Å². The third-order valence-corrected chi connectivity index (χ3v) is 2.32. The van der Waals surface area contributed by atoms with Crippen LogP contribution in [0.4, 0.5) is 13.2 Å². The Labute approximate surface area is 111 Å². The van der Waals surface area contributed by atoms with Gasteiger partial charge in [-0.2, -0.15) is 13.2 Å². The SMILES string of the molecule is C#CCCCC#C/C=C/c1ccc(C(F)(F)F)cc1. The van der Waals surface area contributed by atoms with Gasteiger partial charge in [-0.3, -0.25) is 0 Å². The second-order valence-electron chi connectivity index (χ2n) is 3.83. The Hall–Kier alpha value is -2.13. The maximum atomic E-state index is 12.3. The van der Waals surface area contributed by atoms with Crippen molar-refractivity contribution < 1.29 is 13.2 Å². The number of rotatable bonds is 3. The van der Waals surface area contributed by atoms with Gasteiger partial charge in [-0.1, -0.05) is 24.0 Å². The average molecular weight is 262 g/mol. The summed E-state index contributed by atoms with van der Waals surface area (Å²) in [5, 5.41) is 0. The van der Waals surface area contributed by atoms with Gasteiger partial charge < -0.3 is 0 Å². The molecule has 0 saturated heterocycles. The summed E-state index contributed by atoms with van der Waals surface area (Å²) < 4.78 is 37.0. The quantitative estimate of drug-likeness (QED) is 0.554. The van der Waals surface area contributed by atoms with Crippen LogP contribution in [0.3, 0.4) is 0 Å². The van der Waals surface area contributed by atoms with E-state index in [4.69, 9.17) is 6.42 Å². The molecule has 0 nitrogen and oxygen atoms in total. The molecule has 0 radical (unpaired) electrons. The molecule has 19 heavy (non-hydrogen) atoms. The zero-order valence-corrected chi connectivity index (χ0v) is 10.3. The van der Waals surface area contributed by atoms with Crippen LogP contribution in [0.25, 0.3) is 6.08 Å². The summed E-state index contributed by atoms with van der Waals surface area (Å²) in [7, 11) is 0. The van der Waals surface area contributed by atoms with E-state index in [1.807, 2.05) is 0 Å². The standard InChI is InChI=1S/C16H13F3/c1-2-3-4-5-6-7-8-9-14-10-12-15(13-11-14)16(17,18)19/h1,8-13H,3-5H2/b9-8+. The summed E-state index contributed by atoms with van der Waals surface area (Å²) in [5.74, 6) is 8.25. The van der Waals surface area contributed by atoms with E-state index in [2.05, 4.69) is 17.8 Å². The first-order valence-corrected chi connectivity index (χ1v) is 5.79. The normalized spacial score (nSPS) is 10.8. The molecule has 0 bridgehead atoms. The van der Waals surface area contributed by atoms with Crippen molar-refractivity contribution in [2.24, 2.45) is 0 Å². The molecule has 0 amide bonds. The minimum Gasteiger partial charge on any atom is -0.166 e. The smallest absolute Gasteiger partial charge is 0.166 e. The minimum atomic E-state index is -4.29. The van der Waals surface area contributed by atoms with Crippen LogP contribution in [0.15, 0.2) is 30.3 Å². The predicted molar refractivity (Wildman–Crippen MR) is 70.9 cm³/mol. The van der Waals surface area contributed by atoms with Crippen molar-refractivity contribution >= 4 is 6.08 Å². The number of terminal acetylenes is 1. The Kier molecular flexibility index (Phi) is 5.76. The summed E-state index contributed by atoms with van der Waals surface area (Å²) in [5.41, 5.74) is 0.0379. The fraction of sp³-hybridized carbons (Fsp3) is 0.250. The van der Waals surface area contributed by atoms with Gasteiger partial charge in [-0.05, 0) is 36.3 Å². The Morgan fingerprint density at radius 2 is 1.79 bits per heavy atom. The molecule has 1 aromatic carbocycles. The Morgan fingerprint density at radius 3 is 2.37 bits per heavy atom. The van der Waals surface area contributed by atoms with Crippen LogP contribution < -0.4 is 0 Å². The summed E-state index contributed by atoms with van der Waals surface area (Å²) >= 11 is 0. The highest BCUT2D eigenvalue weighted by molar-refractivity contribution is 5.53. The van der Waals surface area contributed by atoms with Crippen molar-refractivity contribution in [3.8, 4) is 24.2 Å². The third-order valence-electron chi connectivity index (χ3n) is 2.32. The zero-order valence-electron chi connectivity index (χ0n) is 10.3. The molecule has 0 atom stereocenters. The molecule has 0 saturated carbocycles. The highest BCUT2D eigenvalue weighted by Crippen LogP contribution is 2.29. The molecule has 1 rings (SSSR count). The van der Waals surface area contributed by atoms with Crippen LogP contribution in [-0.2, 0) is 6.18 Å². The fourth-order valence-corrected chi connectivity index (χ4v) is 1.33. The van der Waals surface area contributed by atoms with Gasteiger partial charge in [-0.15, -0.1) is 12.3 Å². The minimum absolute atomic E-state index is 0.648. The number of halogens is 3. The average Bonchev–Trinajstić information content (AvgIpc) is 2.37. The van der Waals surface area contributed by atoms with Crippen LogP contribution in [0.5, 0.6) is 0 Å². The summed E-state index contributed by atoms with van der Waals surface area (Å²) in [6.07, 6.45) is 6.39. The second kappa shape index (κ2) is 7.34. The van der Waals surface area contributed by atoms with Gasteiger partial charge in [0.1, 0.15) is 0 Å². The van der Waals surface area contributed by atoms with Gasteiger partial charge in [0.15, 0.2) is 0 Å². The molecule has 3 heteroatoms. The number of allylic oxidation sites excluding steroid dienone is 1. The lowest BCUT2D eigenvalue weighted by molar-refractivity contribution is -0.137. The molecule has 0 fully saturated rings. The number of benzene rings is 1. The molecular formula is C16H13F3. The van der Waals surface area contributed by atoms with Crippen molar-refractivity contribution in [3.63, 3.8) is 0 Å². The van der Waals surface area contributed by atoms with Gasteiger partial charge in [0.05, 0.1) is 5.56 Å². The zero-order chi connectivity index (χ0) is 14.1. The highest BCUT2D eigenvalue weighted by atomic mass is 19.4. The number of alkyl halides is 3. The Morgan fingerprint density at radius 1 is 1.11 bits per heavy atom. The lowest BCUT2D eigenvalue weighted by Gasteiger charge is -2.05. The van der Waals surface area contributed by atoms with E-state index in [1.165, 1.54) is 12.1 Å². The highest BCUT2D eigenvalue weighted by Gasteiger charge is 2.29. The molecule has 0 aromatic heterocycles. The molecule has 98 valence electrons. The molecule has 1 aromatic rings. The summed E-state index contributed by atoms with van der Waals surface area (Å²) in [6, 6.07) is 4.94. The molecule has 0 unspecified atom stereocenters. The lowest BCUT2D eigenvalue weighted by atomic mass is 10.1. The molecule has 0 spiro atoms. The van der Waals surface area contributed by atoms with Gasteiger partial charge in [0.2, 0.25) is 0 Å². The van der Waals surface area contributed by atoms with E-state index < -0.39 is 11.7 Å². The van der Waals surface area contributed by atoms with E-state index in [0.717, 1.165) is 25.0 Å². The van der Waals surface area contributed by atoms with Crippen molar-refractivity contribution in [2.45, 2.75) is 25.4 Å². The first-order chi connectivity index (χ1) is 9.04. The van der Waals surface area contributed by atoms with Gasteiger partial charge in [0.25, 0.3) is 0 Å². The van der Waals surface area contributed by atoms with Gasteiger partial charge in [-0.25, -0.2) is 0 Å². The first-order valence-electron chi connectivity index (χ1n) is 5.79. The predicted octanol–water partition coefficient (Wildman–Crippen LogP) is 4.53. The monoisotopic (exact) mass is 262 g/mol. The van der Waals surface area contributed by atoms with E-state index in [9.17, 15) is 13.2 Å². The largest absolute Gasteiger partial charge is 0.416 e. The van der Waals surface area contributed by atoms with Crippen LogP contribution >= 0.6 is 0 Å². The molecular weight excluding hydrogens is 249 g/mol. The molecule has 0 aliphatic carbocycles. The Bertz CT molecular complexity index is 516. The molecule has 0 N–H and O–H groups in total. The second-order valence-corrected chi connectivity index (χ2v) is 3.83. The Balaban J connectivity index is 2.52. The maximum Gasteiger partial charge on any atom is 0.416 e. The van der Waals surface area contributed by atoms with Crippen molar-refractivity contribution in [1.29, 1.82) is 0 Å². The maximum absolute atomic E-state index is 12.3. The van der Waals surface area contributed by atoms with E-state index in [1.54, 1.807) is 12.2 Å². The van der Waals surface area contributed by atoms with Crippen LogP contribution in [0, 0.1) is 24.2 Å². The van der Waals surface area contributed by atoms with Crippen LogP contribution in [0.2, 0.25) is 0 Å². The van der Waals surface area contributed by atoms with E-state index in [0.29, 0.717) is 12.0 Å². The summed E-state index contributed by atoms with van der Waals surface area (Å²) in [4.78, 5) is 0. The van der Waals surface area contributed by atoms with E-state index >= 15 is 0 Å². The molecule has 0 aliphatic rings. The van der Waals surface area contributed by atoms with Gasteiger partial charge in [0, 0.05) is 12.8 Å². The van der Waals surface area contributed by atoms with Crippen molar-refractivity contribution in [2.75, 3.05) is 0 Å². The first kappa shape index (κ1) is 14.9.